The van der Waals surface area contributed by atoms with Crippen molar-refractivity contribution in [3.63, 3.8) is 0 Å². The van der Waals surface area contributed by atoms with Crippen molar-refractivity contribution in [3.8, 4) is 0 Å². The van der Waals surface area contributed by atoms with Crippen LogP contribution in [0.5, 0.6) is 0 Å². The molecule has 0 saturated heterocycles. The van der Waals surface area contributed by atoms with Gasteiger partial charge in [0, 0.05) is 29.1 Å². The molecule has 0 aliphatic carbocycles. The van der Waals surface area contributed by atoms with E-state index in [0.717, 1.165) is 0 Å². The summed E-state index contributed by atoms with van der Waals surface area (Å²) < 4.78 is 0. The second kappa shape index (κ2) is 14.1. The average molecular weight is 799 g/mol. The fourth-order valence-corrected chi connectivity index (χ4v) is 6.65. The van der Waals surface area contributed by atoms with Gasteiger partial charge in [0.05, 0.1) is 0 Å². The molecule has 0 aromatic heterocycles. The molecule has 6 heteroatoms. The third-order valence-electron chi connectivity index (χ3n) is 1.86. The number of rotatable bonds is 9. The molecule has 0 fully saturated rings. The Bertz CT molecular complexity index is 113. The van der Waals surface area contributed by atoms with E-state index < -0.39 is 0 Å². The van der Waals surface area contributed by atoms with Crippen molar-refractivity contribution in [1.82, 2.24) is 0 Å². The molecule has 0 unspecified atom stereocenters. The van der Waals surface area contributed by atoms with Gasteiger partial charge in [-0.3, -0.25) is 0 Å². The van der Waals surface area contributed by atoms with Gasteiger partial charge < -0.3 is 0 Å². The van der Waals surface area contributed by atoms with E-state index in [1.54, 1.807) is 0 Å². The zero-order valence-corrected chi connectivity index (χ0v) is 27.9. The Labute approximate surface area is 102 Å². The smallest absolute Gasteiger partial charge is 0.0421 e. The first-order valence-electron chi connectivity index (χ1n) is 5.36. The van der Waals surface area contributed by atoms with Gasteiger partial charge in [-0.25, -0.2) is 0 Å². The summed E-state index contributed by atoms with van der Waals surface area (Å²) in [6, 6.07) is 2.97. The summed E-state index contributed by atoms with van der Waals surface area (Å²) in [5, 5.41) is 0. The number of thioether (sulfide) groups is 2. The minimum absolute atomic E-state index is 0. The first kappa shape index (κ1) is 20.5. The normalized spacial score (nSPS) is 10.1. The van der Waals surface area contributed by atoms with Crippen molar-refractivity contribution in [2.45, 2.75) is 38.3 Å². The molecular weight excluding hydrogens is 774 g/mol. The summed E-state index contributed by atoms with van der Waals surface area (Å²) in [5.74, 6) is 5.54. The van der Waals surface area contributed by atoms with Crippen LogP contribution in [0.15, 0.2) is 0 Å². The Morgan fingerprint density at radius 2 is 0.938 bits per heavy atom. The van der Waals surface area contributed by atoms with Crippen LogP contribution in [0, 0.1) is 0 Å². The zero-order chi connectivity index (χ0) is 10.8. The van der Waals surface area contributed by atoms with E-state index in [-0.39, 0.29) is 17.6 Å². The third-order valence-corrected chi connectivity index (χ3v) is 7.32. The second-order valence-electron chi connectivity index (χ2n) is 4.14. The molecule has 0 bridgehead atoms. The molecule has 0 amide bonds. The zero-order valence-electron chi connectivity index (χ0n) is 11.5. The summed E-state index contributed by atoms with van der Waals surface area (Å²) >= 11 is 4.31. The van der Waals surface area contributed by atoms with Crippen LogP contribution in [0.4, 0.5) is 0 Å². The molecule has 0 spiro atoms. The van der Waals surface area contributed by atoms with Crippen LogP contribution < -0.4 is 0 Å². The molecule has 0 aromatic carbocycles. The van der Waals surface area contributed by atoms with E-state index in [4.69, 9.17) is 0 Å². The van der Waals surface area contributed by atoms with E-state index in [1.165, 1.54) is 35.1 Å². The van der Waals surface area contributed by atoms with Crippen LogP contribution in [0.1, 0.15) is 0 Å². The van der Waals surface area contributed by atoms with Crippen LogP contribution in [0.25, 0.3) is 0 Å². The second-order valence-corrected chi connectivity index (χ2v) is 12.4. The van der Waals surface area contributed by atoms with E-state index in [2.05, 4.69) is 49.7 Å². The molecule has 0 N–H and O–H groups in total. The van der Waals surface area contributed by atoms with Gasteiger partial charge >= 0.3 is 0 Å². The van der Waals surface area contributed by atoms with Crippen molar-refractivity contribution in [2.75, 3.05) is 23.0 Å². The Kier molecular flexibility index (Phi) is 18.1. The van der Waals surface area contributed by atoms with Gasteiger partial charge in [-0.1, -0.05) is 38.3 Å². The Balaban J connectivity index is -0.000000845. The molecule has 88 valence electrons. The van der Waals surface area contributed by atoms with E-state index >= 15 is 0 Å². The maximum atomic E-state index is 2.41. The molecular formula is C10H24Rf2S2Si2. The molecule has 0 atom stereocenters. The van der Waals surface area contributed by atoms with Gasteiger partial charge in [-0.15, -0.1) is 0 Å². The first-order chi connectivity index (χ1) is 6.63. The van der Waals surface area contributed by atoms with Crippen LogP contribution in [-0.2, 0) is 0 Å². The van der Waals surface area contributed by atoms with E-state index in [0.29, 0.717) is 0 Å². The first-order valence-corrected chi connectivity index (χ1v) is 13.1. The van der Waals surface area contributed by atoms with E-state index in [1.807, 2.05) is 0 Å². The Morgan fingerprint density at radius 1 is 0.625 bits per heavy atom. The molecule has 0 aromatic rings. The molecule has 0 aliphatic rings. The molecule has 0 heterocycles. The molecule has 0 aliphatic heterocycles. The fourth-order valence-electron chi connectivity index (χ4n) is 0.875. The quantitative estimate of drug-likeness (QED) is 0.256. The summed E-state index contributed by atoms with van der Waals surface area (Å²) in [4.78, 5) is 0. The summed E-state index contributed by atoms with van der Waals surface area (Å²) in [7, 11) is 0.0673. The molecule has 0 saturated carbocycles. The topological polar surface area (TPSA) is 0 Å². The van der Waals surface area contributed by atoms with Crippen LogP contribution in [0.3, 0.4) is 0 Å². The molecule has 16 heavy (non-hydrogen) atoms. The van der Waals surface area contributed by atoms with Crippen molar-refractivity contribution in [2.24, 2.45) is 0 Å². The SMILES string of the molecule is C[Si](C)CCSCCSCC[Si](C)C.[Rf].[Rf]. The standard InChI is InChI=1S/C10H24S2Si2.2Rf/c1-13(2)9-7-11-5-6-12-8-10-14(3)4;;/h5-10H2,1-4H3;;. The third kappa shape index (κ3) is 18.8. The minimum Gasteiger partial charge on any atom is -0.161 e. The maximum absolute atomic E-state index is 2.41. The Hall–Kier alpha value is -0.866. The van der Waals surface area contributed by atoms with Gasteiger partial charge in [0.1, 0.15) is 0 Å². The molecule has 0 rings (SSSR count). The molecule has 2 radical (unpaired) electrons. The van der Waals surface area contributed by atoms with E-state index in [9.17, 15) is 0 Å². The Morgan fingerprint density at radius 3 is 1.19 bits per heavy atom. The van der Waals surface area contributed by atoms with Gasteiger partial charge in [0.2, 0.25) is 0 Å². The number of hydrogen-bond donors (Lipinski definition) is 0. The van der Waals surface area contributed by atoms with Gasteiger partial charge in [-0.05, 0) is 11.5 Å². The van der Waals surface area contributed by atoms with Crippen molar-refractivity contribution in [3.05, 3.63) is 0 Å². The maximum Gasteiger partial charge on any atom is 0.0421 e. The van der Waals surface area contributed by atoms with Crippen molar-refractivity contribution < 1.29 is 0 Å². The van der Waals surface area contributed by atoms with Gasteiger partial charge in [-0.2, -0.15) is 23.5 Å². The van der Waals surface area contributed by atoms with Crippen molar-refractivity contribution >= 4 is 41.1 Å². The summed E-state index contributed by atoms with van der Waals surface area (Å²) in [6.07, 6.45) is 0. The summed E-state index contributed by atoms with van der Waals surface area (Å²) in [6.45, 7) is 9.63. The average Bonchev–Trinajstić information content (AvgIpc) is 2.08. The van der Waals surface area contributed by atoms with Gasteiger partial charge in [0.25, 0.3) is 0 Å². The van der Waals surface area contributed by atoms with Crippen LogP contribution in [-0.4, -0.2) is 40.6 Å². The fraction of sp³-hybridized carbons (Fsp3) is 1.00. The predicted molar refractivity (Wildman–Crippen MR) is 79.2 cm³/mol. The largest absolute Gasteiger partial charge is 0.161 e. The summed E-state index contributed by atoms with van der Waals surface area (Å²) in [5.41, 5.74) is 0. The van der Waals surface area contributed by atoms with Crippen LogP contribution in [0.2, 0.25) is 38.3 Å². The van der Waals surface area contributed by atoms with Crippen LogP contribution >= 0.6 is 23.5 Å². The minimum atomic E-state index is 0. The number of hydrogen-bond acceptors (Lipinski definition) is 2. The monoisotopic (exact) mass is 798 g/mol. The predicted octanol–water partition coefficient (Wildman–Crippen LogP) is 3.96. The van der Waals surface area contributed by atoms with Gasteiger partial charge in [0.15, 0.2) is 0 Å². The molecule has 0 nitrogen and oxygen atoms in total. The van der Waals surface area contributed by atoms with Crippen molar-refractivity contribution in [1.29, 1.82) is 0 Å².